The Balaban J connectivity index is 1.03. The number of benzene rings is 4. The fourth-order valence-corrected chi connectivity index (χ4v) is 6.32. The van der Waals surface area contributed by atoms with Crippen molar-refractivity contribution in [3.63, 3.8) is 0 Å². The Morgan fingerprint density at radius 2 is 1.07 bits per heavy atom. The van der Waals surface area contributed by atoms with E-state index in [-0.39, 0.29) is 12.1 Å². The number of aryl methyl sites for hydroxylation is 1. The molecule has 0 aliphatic carbocycles. The van der Waals surface area contributed by atoms with Crippen molar-refractivity contribution >= 4 is 23.7 Å². The molecule has 0 saturated heterocycles. The highest BCUT2D eigenvalue weighted by atomic mass is 16.5. The Bertz CT molecular complexity index is 1860. The van der Waals surface area contributed by atoms with Gasteiger partial charge in [0, 0.05) is 5.69 Å². The lowest BCUT2D eigenvalue weighted by Crippen LogP contribution is -2.38. The van der Waals surface area contributed by atoms with Gasteiger partial charge in [0.15, 0.2) is 34.5 Å². The topological polar surface area (TPSA) is 115 Å². The first kappa shape index (κ1) is 39.5. The zero-order valence-corrected chi connectivity index (χ0v) is 32.3. The van der Waals surface area contributed by atoms with Gasteiger partial charge in [-0.1, -0.05) is 55.5 Å². The minimum Gasteiger partial charge on any atom is -0.493 e. The van der Waals surface area contributed by atoms with Gasteiger partial charge in [-0.05, 0) is 85.0 Å². The first-order valence-electron chi connectivity index (χ1n) is 18.2. The highest BCUT2D eigenvalue weighted by Gasteiger charge is 2.25. The molecule has 4 aromatic rings. The normalized spacial score (nSPS) is 13.4. The van der Waals surface area contributed by atoms with Crippen LogP contribution in [0.5, 0.6) is 46.0 Å². The average Bonchev–Trinajstić information content (AvgIpc) is 3.20. The number of unbranched alkanes of at least 4 members (excludes halogenated alkanes) is 5. The van der Waals surface area contributed by atoms with Crippen molar-refractivity contribution < 1.29 is 42.7 Å². The van der Waals surface area contributed by atoms with Crippen molar-refractivity contribution in [2.24, 2.45) is 0 Å². The van der Waals surface area contributed by atoms with Crippen LogP contribution in [0.4, 0.5) is 5.69 Å². The van der Waals surface area contributed by atoms with E-state index in [1.165, 1.54) is 0 Å². The highest BCUT2D eigenvalue weighted by molar-refractivity contribution is 6.02. The Labute approximate surface area is 318 Å². The number of amides is 1. The molecule has 11 nitrogen and oxygen atoms in total. The van der Waals surface area contributed by atoms with E-state index < -0.39 is 0 Å². The average molecular weight is 741 g/mol. The summed E-state index contributed by atoms with van der Waals surface area (Å²) in [5, 5.41) is 6.44. The molecule has 1 heterocycles. The van der Waals surface area contributed by atoms with Gasteiger partial charge < -0.3 is 48.5 Å². The van der Waals surface area contributed by atoms with Crippen LogP contribution in [0, 0.1) is 6.92 Å². The molecule has 0 aromatic heterocycles. The monoisotopic (exact) mass is 740 g/mol. The maximum Gasteiger partial charge on any atom is 0.255 e. The molecular formula is C43H52N2O9. The van der Waals surface area contributed by atoms with Crippen molar-refractivity contribution in [2.75, 3.05) is 61.2 Å². The molecule has 11 heteroatoms. The van der Waals surface area contributed by atoms with Crippen LogP contribution in [0.25, 0.3) is 12.2 Å². The van der Waals surface area contributed by atoms with E-state index in [2.05, 4.69) is 10.6 Å². The number of carbonyl (C=O) groups excluding carboxylic acids is 1. The molecule has 4 aromatic carbocycles. The van der Waals surface area contributed by atoms with Crippen LogP contribution < -0.4 is 48.5 Å². The Kier molecular flexibility index (Phi) is 14.2. The Hall–Kier alpha value is -5.71. The summed E-state index contributed by atoms with van der Waals surface area (Å²) in [6.45, 7) is 3.12. The molecule has 1 aliphatic rings. The standard InChI is InChI=1S/C43H52N2O9/c1-28-14-18-33-32(22-28)43(46)45-42(44-33)31-17-19-34(35(27-31)47-2)53-20-12-10-8-9-11-13-21-54-41-38(50-5)25-30(26-39(41)51-6)16-15-29-23-36(48-3)40(52-7)37(24-29)49-4/h14-19,22-27,42,44H,8-13,20-21H2,1-7H3,(H,45,46). The predicted octanol–water partition coefficient (Wildman–Crippen LogP) is 8.87. The second-order valence-corrected chi connectivity index (χ2v) is 12.9. The van der Waals surface area contributed by atoms with Crippen molar-refractivity contribution in [1.29, 1.82) is 0 Å². The van der Waals surface area contributed by atoms with E-state index >= 15 is 0 Å². The van der Waals surface area contributed by atoms with Gasteiger partial charge in [0.25, 0.3) is 5.91 Å². The Morgan fingerprint density at radius 3 is 1.63 bits per heavy atom. The number of ether oxygens (including phenoxy) is 8. The van der Waals surface area contributed by atoms with Crippen LogP contribution >= 0.6 is 0 Å². The minimum atomic E-state index is -0.360. The number of nitrogens with one attached hydrogen (secondary N) is 2. The summed E-state index contributed by atoms with van der Waals surface area (Å²) in [6, 6.07) is 19.2. The molecular weight excluding hydrogens is 688 g/mol. The molecule has 288 valence electrons. The zero-order chi connectivity index (χ0) is 38.5. The van der Waals surface area contributed by atoms with Crippen molar-refractivity contribution in [1.82, 2.24) is 5.32 Å². The zero-order valence-electron chi connectivity index (χ0n) is 32.3. The molecule has 54 heavy (non-hydrogen) atoms. The Morgan fingerprint density at radius 1 is 0.537 bits per heavy atom. The molecule has 0 radical (unpaired) electrons. The van der Waals surface area contributed by atoms with Gasteiger partial charge in [-0.3, -0.25) is 4.79 Å². The number of carbonyl (C=O) groups is 1. The quantitative estimate of drug-likeness (QED) is 0.0673. The number of hydrogen-bond acceptors (Lipinski definition) is 10. The molecule has 0 saturated carbocycles. The summed E-state index contributed by atoms with van der Waals surface area (Å²) in [5.41, 5.74) is 5.16. The van der Waals surface area contributed by atoms with E-state index in [0.29, 0.717) is 64.8 Å². The molecule has 1 amide bonds. The predicted molar refractivity (Wildman–Crippen MR) is 211 cm³/mol. The van der Waals surface area contributed by atoms with Crippen molar-refractivity contribution in [2.45, 2.75) is 51.6 Å². The van der Waals surface area contributed by atoms with E-state index in [9.17, 15) is 4.79 Å². The molecule has 1 aliphatic heterocycles. The third-order valence-corrected chi connectivity index (χ3v) is 9.20. The van der Waals surface area contributed by atoms with E-state index in [4.69, 9.17) is 37.9 Å². The molecule has 1 unspecified atom stereocenters. The highest BCUT2D eigenvalue weighted by Crippen LogP contribution is 2.41. The smallest absolute Gasteiger partial charge is 0.255 e. The maximum atomic E-state index is 12.7. The first-order chi connectivity index (χ1) is 26.3. The first-order valence-corrected chi connectivity index (χ1v) is 18.2. The van der Waals surface area contributed by atoms with Gasteiger partial charge >= 0.3 is 0 Å². The number of rotatable bonds is 20. The maximum absolute atomic E-state index is 12.7. The fourth-order valence-electron chi connectivity index (χ4n) is 6.32. The van der Waals surface area contributed by atoms with Crippen LogP contribution in [-0.2, 0) is 0 Å². The molecule has 2 N–H and O–H groups in total. The molecule has 0 bridgehead atoms. The number of fused-ring (bicyclic) bond motifs is 1. The summed E-state index contributed by atoms with van der Waals surface area (Å²) in [6.07, 6.45) is 9.72. The number of anilines is 1. The lowest BCUT2D eigenvalue weighted by Gasteiger charge is -2.28. The summed E-state index contributed by atoms with van der Waals surface area (Å²) in [5.74, 6) is 4.71. The largest absolute Gasteiger partial charge is 0.493 e. The van der Waals surface area contributed by atoms with Gasteiger partial charge in [0.2, 0.25) is 11.5 Å². The fraction of sp³-hybridized carbons (Fsp3) is 0.372. The SMILES string of the molecule is COc1cc(C2NC(=O)c3cc(C)ccc3N2)ccc1OCCCCCCCCOc1c(OC)cc(C=Cc2cc(OC)c(OC)c(OC)c2)cc1OC. The number of hydrogen-bond donors (Lipinski definition) is 2. The van der Waals surface area contributed by atoms with Crippen LogP contribution in [0.1, 0.15) is 77.3 Å². The van der Waals surface area contributed by atoms with Gasteiger partial charge in [0.1, 0.15) is 6.17 Å². The van der Waals surface area contributed by atoms with Crippen molar-refractivity contribution in [3.05, 3.63) is 88.5 Å². The lowest BCUT2D eigenvalue weighted by atomic mass is 10.0. The molecule has 1 atom stereocenters. The second-order valence-electron chi connectivity index (χ2n) is 12.9. The van der Waals surface area contributed by atoms with Gasteiger partial charge in [-0.25, -0.2) is 0 Å². The minimum absolute atomic E-state index is 0.102. The van der Waals surface area contributed by atoms with E-state index in [0.717, 1.165) is 66.5 Å². The van der Waals surface area contributed by atoms with E-state index in [1.807, 2.05) is 79.7 Å². The van der Waals surface area contributed by atoms with Crippen LogP contribution in [-0.4, -0.2) is 61.8 Å². The van der Waals surface area contributed by atoms with E-state index in [1.54, 1.807) is 42.7 Å². The van der Waals surface area contributed by atoms with Crippen molar-refractivity contribution in [3.8, 4) is 46.0 Å². The summed E-state index contributed by atoms with van der Waals surface area (Å²) in [7, 11) is 9.64. The summed E-state index contributed by atoms with van der Waals surface area (Å²) >= 11 is 0. The summed E-state index contributed by atoms with van der Waals surface area (Å²) < 4.78 is 45.6. The van der Waals surface area contributed by atoms with Crippen LogP contribution in [0.2, 0.25) is 0 Å². The van der Waals surface area contributed by atoms with Gasteiger partial charge in [-0.2, -0.15) is 0 Å². The summed E-state index contributed by atoms with van der Waals surface area (Å²) in [4.78, 5) is 12.7. The third-order valence-electron chi connectivity index (χ3n) is 9.20. The van der Waals surface area contributed by atoms with Crippen LogP contribution in [0.3, 0.4) is 0 Å². The second kappa shape index (κ2) is 19.4. The van der Waals surface area contributed by atoms with Crippen LogP contribution in [0.15, 0.2) is 60.7 Å². The molecule has 0 spiro atoms. The third kappa shape index (κ3) is 9.83. The number of methoxy groups -OCH3 is 6. The molecule has 0 fully saturated rings. The molecule has 5 rings (SSSR count). The van der Waals surface area contributed by atoms with Gasteiger partial charge in [-0.15, -0.1) is 0 Å². The van der Waals surface area contributed by atoms with Gasteiger partial charge in [0.05, 0.1) is 61.4 Å². The lowest BCUT2D eigenvalue weighted by molar-refractivity contribution is 0.0935.